The molecule has 5 unspecified atom stereocenters. The molecule has 396 valence electrons. The van der Waals surface area contributed by atoms with Crippen LogP contribution in [0.3, 0.4) is 0 Å². The maximum absolute atomic E-state index is 12.9. The zero-order valence-corrected chi connectivity index (χ0v) is 45.4. The lowest BCUT2D eigenvalue weighted by Gasteiger charge is -2.58. The summed E-state index contributed by atoms with van der Waals surface area (Å²) in [5.74, 6) is 6.54. The minimum Gasteiger partial charge on any atom is -0.497 e. The molecule has 0 aromatic heterocycles. The maximum Gasteiger partial charge on any atom is 0.407 e. The minimum absolute atomic E-state index is 0.0468. The van der Waals surface area contributed by atoms with E-state index >= 15 is 0 Å². The molecule has 9 atom stereocenters. The van der Waals surface area contributed by atoms with Crippen molar-refractivity contribution < 1.29 is 33.6 Å². The van der Waals surface area contributed by atoms with Gasteiger partial charge in [-0.3, -0.25) is 4.79 Å². The number of hydrogen-bond donors (Lipinski definition) is 3. The summed E-state index contributed by atoms with van der Waals surface area (Å²) < 4.78 is 23.9. The Morgan fingerprint density at radius 1 is 0.694 bits per heavy atom. The molecule has 0 bridgehead atoms. The van der Waals surface area contributed by atoms with Crippen molar-refractivity contribution in [1.29, 1.82) is 0 Å². The van der Waals surface area contributed by atoms with Crippen LogP contribution in [0.25, 0.3) is 0 Å². The number of alkyl carbamates (subject to hydrolysis) is 1. The molecule has 0 heterocycles. The summed E-state index contributed by atoms with van der Waals surface area (Å²) in [5.41, 5.74) is 4.29. The molecule has 2 amide bonds. The molecule has 0 spiro atoms. The monoisotopic (exact) mass is 989 g/mol. The van der Waals surface area contributed by atoms with Gasteiger partial charge in [0.05, 0.1) is 26.9 Å². The maximum atomic E-state index is 12.9. The van der Waals surface area contributed by atoms with E-state index in [1.54, 1.807) is 19.8 Å². The SMILES string of the molecule is COc1ccc(C(OCCC(O)CCCCCNC(=O)CCCCCNC(=O)OC2CC[C@@]3(C)C(=CCC4C3CC[C@@]3(C)C4CC[C@@H]3[C@H](C)CCCC(C)C)C2)(c2ccccc2)c2ccc(OC)cc2)cc1. The highest BCUT2D eigenvalue weighted by atomic mass is 16.6. The fraction of sp³-hybridized carbons (Fsp3) is 0.651. The van der Waals surface area contributed by atoms with E-state index in [9.17, 15) is 14.7 Å². The van der Waals surface area contributed by atoms with E-state index in [4.69, 9.17) is 18.9 Å². The largest absolute Gasteiger partial charge is 0.497 e. The van der Waals surface area contributed by atoms with Gasteiger partial charge in [-0.05, 0) is 164 Å². The number of hydrogen-bond acceptors (Lipinski definition) is 7. The first-order valence-corrected chi connectivity index (χ1v) is 28.4. The quantitative estimate of drug-likeness (QED) is 0.0396. The zero-order valence-electron chi connectivity index (χ0n) is 45.4. The van der Waals surface area contributed by atoms with Gasteiger partial charge in [0.25, 0.3) is 0 Å². The molecule has 9 nitrogen and oxygen atoms in total. The van der Waals surface area contributed by atoms with E-state index < -0.39 is 11.7 Å². The lowest BCUT2D eigenvalue weighted by Crippen LogP contribution is -2.51. The topological polar surface area (TPSA) is 115 Å². The number of fused-ring (bicyclic) bond motifs is 5. The van der Waals surface area contributed by atoms with Crippen LogP contribution >= 0.6 is 0 Å². The second-order valence-electron chi connectivity index (χ2n) is 23.3. The molecule has 4 aliphatic carbocycles. The molecule has 3 fully saturated rings. The van der Waals surface area contributed by atoms with Crippen molar-refractivity contribution in [3.05, 3.63) is 107 Å². The fourth-order valence-electron chi connectivity index (χ4n) is 14.3. The summed E-state index contributed by atoms with van der Waals surface area (Å²) in [7, 11) is 3.32. The molecule has 3 saturated carbocycles. The normalized spacial score (nSPS) is 25.6. The van der Waals surface area contributed by atoms with Crippen LogP contribution in [0.4, 0.5) is 4.79 Å². The van der Waals surface area contributed by atoms with Crippen molar-refractivity contribution in [1.82, 2.24) is 10.6 Å². The summed E-state index contributed by atoms with van der Waals surface area (Å²) in [5, 5.41) is 17.1. The smallest absolute Gasteiger partial charge is 0.407 e. The minimum atomic E-state index is -0.914. The van der Waals surface area contributed by atoms with Gasteiger partial charge >= 0.3 is 6.09 Å². The molecule has 4 aliphatic rings. The average molecular weight is 989 g/mol. The Morgan fingerprint density at radius 3 is 2.01 bits per heavy atom. The molecular weight excluding hydrogens is 897 g/mol. The predicted octanol–water partition coefficient (Wildman–Crippen LogP) is 14.1. The molecule has 0 saturated heterocycles. The fourth-order valence-corrected chi connectivity index (χ4v) is 14.3. The Hall–Kier alpha value is -4.34. The van der Waals surface area contributed by atoms with Crippen molar-refractivity contribution in [3.63, 3.8) is 0 Å². The van der Waals surface area contributed by atoms with Gasteiger partial charge in [0.2, 0.25) is 5.91 Å². The number of unbranched alkanes of at least 4 members (excludes halogenated alkanes) is 4. The van der Waals surface area contributed by atoms with Crippen LogP contribution in [0, 0.1) is 46.3 Å². The van der Waals surface area contributed by atoms with Gasteiger partial charge in [-0.25, -0.2) is 4.79 Å². The Morgan fingerprint density at radius 2 is 1.35 bits per heavy atom. The van der Waals surface area contributed by atoms with Gasteiger partial charge in [0.15, 0.2) is 0 Å². The first kappa shape index (κ1) is 55.4. The Kier molecular flexibility index (Phi) is 20.2. The molecule has 0 radical (unpaired) electrons. The van der Waals surface area contributed by atoms with E-state index in [1.165, 1.54) is 51.4 Å². The third-order valence-electron chi connectivity index (χ3n) is 18.4. The van der Waals surface area contributed by atoms with Crippen LogP contribution < -0.4 is 20.1 Å². The molecular formula is C63H92N2O7. The summed E-state index contributed by atoms with van der Waals surface area (Å²) in [4.78, 5) is 25.5. The van der Waals surface area contributed by atoms with E-state index in [2.05, 4.69) is 63.5 Å². The van der Waals surface area contributed by atoms with Crippen LogP contribution in [0.15, 0.2) is 90.5 Å². The first-order valence-electron chi connectivity index (χ1n) is 28.4. The highest BCUT2D eigenvalue weighted by Crippen LogP contribution is 2.67. The number of carbonyl (C=O) groups excluding carboxylic acids is 2. The number of carbonyl (C=O) groups is 2. The third-order valence-corrected chi connectivity index (χ3v) is 18.4. The van der Waals surface area contributed by atoms with Gasteiger partial charge in [0, 0.05) is 25.9 Å². The molecule has 3 aromatic rings. The molecule has 72 heavy (non-hydrogen) atoms. The molecule has 3 N–H and O–H groups in total. The number of amides is 2. The summed E-state index contributed by atoms with van der Waals surface area (Å²) in [6.07, 6.45) is 22.4. The lowest BCUT2D eigenvalue weighted by molar-refractivity contribution is -0.121. The van der Waals surface area contributed by atoms with E-state index in [-0.39, 0.29) is 23.5 Å². The van der Waals surface area contributed by atoms with Gasteiger partial charge in [-0.15, -0.1) is 0 Å². The van der Waals surface area contributed by atoms with Crippen LogP contribution in [-0.4, -0.2) is 63.2 Å². The van der Waals surface area contributed by atoms with Gasteiger partial charge in [0.1, 0.15) is 23.2 Å². The number of nitrogens with one attached hydrogen (secondary N) is 2. The van der Waals surface area contributed by atoms with Crippen molar-refractivity contribution in [3.8, 4) is 11.5 Å². The van der Waals surface area contributed by atoms with Crippen molar-refractivity contribution in [2.75, 3.05) is 33.9 Å². The molecule has 0 aliphatic heterocycles. The standard InChI is InChI=1S/C63H92N2O7/c1-45(2)18-17-19-46(3)56-34-35-57-55-33-28-50-44-54(36-39-61(50,4)58(55)37-40-62(56,57)5)72-60(68)65-42-16-10-14-23-59(67)64-41-15-9-13-22-51(66)38-43-71-63(47-20-11-8-12-21-47,48-24-29-52(69-6)30-25-48)49-26-31-53(70-7)32-27-49/h8,11-12,20-21,24-32,45-46,51,54-58,66H,9-10,13-19,22-23,33-44H2,1-7H3,(H,64,67)(H,65,68)/t46-,51?,54?,55?,56-,57?,58?,61+,62-/m1/s1. The molecule has 3 aromatic carbocycles. The predicted molar refractivity (Wildman–Crippen MR) is 290 cm³/mol. The van der Waals surface area contributed by atoms with E-state index in [0.717, 1.165) is 121 Å². The zero-order chi connectivity index (χ0) is 51.1. The van der Waals surface area contributed by atoms with Crippen LogP contribution in [-0.2, 0) is 19.9 Å². The van der Waals surface area contributed by atoms with E-state index in [1.807, 2.05) is 66.7 Å². The van der Waals surface area contributed by atoms with E-state index in [0.29, 0.717) is 44.4 Å². The number of methoxy groups -OCH3 is 2. The molecule has 9 heteroatoms. The summed E-state index contributed by atoms with van der Waals surface area (Å²) >= 11 is 0. The Bertz CT molecular complexity index is 2110. The highest BCUT2D eigenvalue weighted by molar-refractivity contribution is 5.75. The summed E-state index contributed by atoms with van der Waals surface area (Å²) in [6, 6.07) is 26.2. The molecule has 7 rings (SSSR count). The van der Waals surface area contributed by atoms with Gasteiger partial charge in [-0.2, -0.15) is 0 Å². The van der Waals surface area contributed by atoms with Crippen LogP contribution in [0.1, 0.15) is 180 Å². The number of benzene rings is 3. The second-order valence-corrected chi connectivity index (χ2v) is 23.3. The highest BCUT2D eigenvalue weighted by Gasteiger charge is 2.59. The summed E-state index contributed by atoms with van der Waals surface area (Å²) in [6.45, 7) is 14.1. The van der Waals surface area contributed by atoms with Crippen molar-refractivity contribution in [2.45, 2.75) is 181 Å². The van der Waals surface area contributed by atoms with Crippen molar-refractivity contribution >= 4 is 12.0 Å². The number of ether oxygens (including phenoxy) is 4. The number of aliphatic hydroxyl groups is 1. The van der Waals surface area contributed by atoms with Gasteiger partial charge < -0.3 is 34.7 Å². The number of aliphatic hydroxyl groups excluding tert-OH is 1. The van der Waals surface area contributed by atoms with Crippen LogP contribution in [0.5, 0.6) is 11.5 Å². The number of rotatable bonds is 27. The second kappa shape index (κ2) is 26.2. The third kappa shape index (κ3) is 13.5. The number of allylic oxidation sites excluding steroid dienone is 1. The lowest BCUT2D eigenvalue weighted by atomic mass is 9.47. The van der Waals surface area contributed by atoms with Gasteiger partial charge in [-0.1, -0.05) is 139 Å². The van der Waals surface area contributed by atoms with Crippen LogP contribution in [0.2, 0.25) is 0 Å². The van der Waals surface area contributed by atoms with Crippen molar-refractivity contribution in [2.24, 2.45) is 46.3 Å². The first-order chi connectivity index (χ1) is 34.8. The Balaban J connectivity index is 0.743. The Labute approximate surface area is 434 Å². The average Bonchev–Trinajstić information content (AvgIpc) is 3.75.